The number of hydrogen-bond donors (Lipinski definition) is 1. The molecular weight excluding hydrogens is 244 g/mol. The number of nitrogens with one attached hydrogen (secondary N) is 1. The summed E-state index contributed by atoms with van der Waals surface area (Å²) in [6.45, 7) is 7.45. The molecule has 0 atom stereocenters. The lowest BCUT2D eigenvalue weighted by molar-refractivity contribution is 0.0844. The highest BCUT2D eigenvalue weighted by molar-refractivity contribution is 5.86. The van der Waals surface area contributed by atoms with Crippen molar-refractivity contribution >= 4 is 37.2 Å². The van der Waals surface area contributed by atoms with Crippen molar-refractivity contribution in [3.63, 3.8) is 0 Å². The SMILES string of the molecule is CN1CCN(C2CNC2)CC1.Cl.Cl.Cl. The molecule has 2 aliphatic heterocycles. The predicted octanol–water partition coefficient (Wildman–Crippen LogP) is 0.471. The number of halogens is 3. The fourth-order valence-corrected chi connectivity index (χ4v) is 1.72. The molecule has 2 saturated heterocycles. The quantitative estimate of drug-likeness (QED) is 0.743. The topological polar surface area (TPSA) is 18.5 Å². The molecule has 0 aliphatic carbocycles. The molecule has 2 heterocycles. The van der Waals surface area contributed by atoms with Crippen molar-refractivity contribution < 1.29 is 0 Å². The summed E-state index contributed by atoms with van der Waals surface area (Å²) in [7, 11) is 2.20. The zero-order valence-corrected chi connectivity index (χ0v) is 10.9. The normalized spacial score (nSPS) is 23.8. The first kappa shape index (κ1) is 17.2. The second kappa shape index (κ2) is 7.97. The van der Waals surface area contributed by atoms with E-state index in [1.54, 1.807) is 0 Å². The van der Waals surface area contributed by atoms with Gasteiger partial charge < -0.3 is 10.2 Å². The van der Waals surface area contributed by atoms with Crippen molar-refractivity contribution in [3.05, 3.63) is 0 Å². The molecule has 0 amide bonds. The number of piperazine rings is 1. The van der Waals surface area contributed by atoms with Gasteiger partial charge in [-0.3, -0.25) is 4.90 Å². The Bertz CT molecular complexity index is 136. The van der Waals surface area contributed by atoms with Crippen LogP contribution < -0.4 is 5.32 Å². The Morgan fingerprint density at radius 1 is 0.929 bits per heavy atom. The summed E-state index contributed by atoms with van der Waals surface area (Å²) in [5.74, 6) is 0. The molecule has 14 heavy (non-hydrogen) atoms. The lowest BCUT2D eigenvalue weighted by Gasteiger charge is -2.42. The van der Waals surface area contributed by atoms with Gasteiger partial charge in [0.15, 0.2) is 0 Å². The molecule has 2 rings (SSSR count). The molecule has 2 aliphatic rings. The molecule has 0 aromatic rings. The minimum atomic E-state index is 0. The third-order valence-corrected chi connectivity index (χ3v) is 2.81. The van der Waals surface area contributed by atoms with Gasteiger partial charge in [0.25, 0.3) is 0 Å². The van der Waals surface area contributed by atoms with Crippen LogP contribution in [0.5, 0.6) is 0 Å². The first-order chi connectivity index (χ1) is 5.36. The lowest BCUT2D eigenvalue weighted by atomic mass is 10.1. The van der Waals surface area contributed by atoms with E-state index in [0.29, 0.717) is 0 Å². The highest BCUT2D eigenvalue weighted by atomic mass is 35.5. The van der Waals surface area contributed by atoms with Gasteiger partial charge in [-0.1, -0.05) is 0 Å². The zero-order chi connectivity index (χ0) is 7.68. The summed E-state index contributed by atoms with van der Waals surface area (Å²) in [5.41, 5.74) is 0. The van der Waals surface area contributed by atoms with Crippen molar-refractivity contribution in [2.45, 2.75) is 6.04 Å². The minimum Gasteiger partial charge on any atom is -0.314 e. The fraction of sp³-hybridized carbons (Fsp3) is 1.00. The minimum absolute atomic E-state index is 0. The van der Waals surface area contributed by atoms with Gasteiger partial charge in [-0.2, -0.15) is 0 Å². The van der Waals surface area contributed by atoms with E-state index in [1.165, 1.54) is 39.3 Å². The zero-order valence-electron chi connectivity index (χ0n) is 8.44. The fourth-order valence-electron chi connectivity index (χ4n) is 1.72. The number of hydrogen-bond acceptors (Lipinski definition) is 3. The van der Waals surface area contributed by atoms with Crippen LogP contribution in [0.4, 0.5) is 0 Å². The third kappa shape index (κ3) is 4.09. The number of likely N-dealkylation sites (N-methyl/N-ethyl adjacent to an activating group) is 1. The van der Waals surface area contributed by atoms with Crippen molar-refractivity contribution in [2.24, 2.45) is 0 Å². The van der Waals surface area contributed by atoms with Gasteiger partial charge in [-0.05, 0) is 7.05 Å². The van der Waals surface area contributed by atoms with Gasteiger partial charge in [-0.25, -0.2) is 0 Å². The molecular formula is C8H20Cl3N3. The Balaban J connectivity index is 0. The maximum absolute atomic E-state index is 3.31. The van der Waals surface area contributed by atoms with E-state index in [-0.39, 0.29) is 37.2 Å². The van der Waals surface area contributed by atoms with Gasteiger partial charge in [0.05, 0.1) is 0 Å². The van der Waals surface area contributed by atoms with Crippen LogP contribution in [-0.4, -0.2) is 62.2 Å². The van der Waals surface area contributed by atoms with Crippen LogP contribution in [0.1, 0.15) is 0 Å². The van der Waals surface area contributed by atoms with Crippen LogP contribution >= 0.6 is 37.2 Å². The summed E-state index contributed by atoms with van der Waals surface area (Å²) in [4.78, 5) is 5.01. The largest absolute Gasteiger partial charge is 0.314 e. The Morgan fingerprint density at radius 2 is 1.43 bits per heavy atom. The van der Waals surface area contributed by atoms with Gasteiger partial charge >= 0.3 is 0 Å². The van der Waals surface area contributed by atoms with Crippen molar-refractivity contribution in [1.29, 1.82) is 0 Å². The first-order valence-electron chi connectivity index (χ1n) is 4.49. The second-order valence-corrected chi connectivity index (χ2v) is 3.65. The molecule has 2 fully saturated rings. The molecule has 0 aromatic heterocycles. The molecule has 0 radical (unpaired) electrons. The Hall–Kier alpha value is 0.750. The summed E-state index contributed by atoms with van der Waals surface area (Å²) in [5, 5.41) is 3.31. The summed E-state index contributed by atoms with van der Waals surface area (Å²) < 4.78 is 0. The van der Waals surface area contributed by atoms with E-state index in [9.17, 15) is 0 Å². The second-order valence-electron chi connectivity index (χ2n) is 3.65. The van der Waals surface area contributed by atoms with Gasteiger partial charge in [-0.15, -0.1) is 37.2 Å². The van der Waals surface area contributed by atoms with E-state index < -0.39 is 0 Å². The van der Waals surface area contributed by atoms with E-state index in [0.717, 1.165) is 6.04 Å². The molecule has 3 nitrogen and oxygen atoms in total. The van der Waals surface area contributed by atoms with Gasteiger partial charge in [0.2, 0.25) is 0 Å². The molecule has 0 bridgehead atoms. The molecule has 88 valence electrons. The smallest absolute Gasteiger partial charge is 0.0346 e. The van der Waals surface area contributed by atoms with Crippen molar-refractivity contribution in [2.75, 3.05) is 46.3 Å². The first-order valence-corrected chi connectivity index (χ1v) is 4.49. The van der Waals surface area contributed by atoms with Crippen LogP contribution in [0.25, 0.3) is 0 Å². The van der Waals surface area contributed by atoms with E-state index in [1.807, 2.05) is 0 Å². The molecule has 1 N–H and O–H groups in total. The summed E-state index contributed by atoms with van der Waals surface area (Å²) in [6.07, 6.45) is 0. The average molecular weight is 265 g/mol. The molecule has 6 heteroatoms. The monoisotopic (exact) mass is 263 g/mol. The highest BCUT2D eigenvalue weighted by Crippen LogP contribution is 2.07. The molecule has 0 aromatic carbocycles. The van der Waals surface area contributed by atoms with E-state index in [4.69, 9.17) is 0 Å². The maximum atomic E-state index is 3.31. The van der Waals surface area contributed by atoms with E-state index >= 15 is 0 Å². The third-order valence-electron chi connectivity index (χ3n) is 2.81. The molecule has 0 unspecified atom stereocenters. The standard InChI is InChI=1S/C8H17N3.3ClH/c1-10-2-4-11(5-3-10)8-6-9-7-8;;;/h8-9H,2-7H2,1H3;3*1H. The molecule has 0 spiro atoms. The van der Waals surface area contributed by atoms with Crippen molar-refractivity contribution in [1.82, 2.24) is 15.1 Å². The van der Waals surface area contributed by atoms with Crippen LogP contribution in [0, 0.1) is 0 Å². The Labute approximate surface area is 105 Å². The van der Waals surface area contributed by atoms with Crippen LogP contribution in [-0.2, 0) is 0 Å². The summed E-state index contributed by atoms with van der Waals surface area (Å²) >= 11 is 0. The van der Waals surface area contributed by atoms with Crippen LogP contribution in [0.3, 0.4) is 0 Å². The van der Waals surface area contributed by atoms with Crippen LogP contribution in [0.15, 0.2) is 0 Å². The number of rotatable bonds is 1. The Morgan fingerprint density at radius 3 is 1.79 bits per heavy atom. The van der Waals surface area contributed by atoms with Crippen molar-refractivity contribution in [3.8, 4) is 0 Å². The van der Waals surface area contributed by atoms with Gasteiger partial charge in [0, 0.05) is 45.3 Å². The van der Waals surface area contributed by atoms with Gasteiger partial charge in [0.1, 0.15) is 0 Å². The van der Waals surface area contributed by atoms with E-state index in [2.05, 4.69) is 22.2 Å². The lowest BCUT2D eigenvalue weighted by Crippen LogP contribution is -2.61. The predicted molar refractivity (Wildman–Crippen MR) is 67.5 cm³/mol. The van der Waals surface area contributed by atoms with Crippen LogP contribution in [0.2, 0.25) is 0 Å². The Kier molecular flexibility index (Phi) is 9.76. The summed E-state index contributed by atoms with van der Waals surface area (Å²) in [6, 6.07) is 0.851. The molecule has 0 saturated carbocycles. The average Bonchev–Trinajstić information content (AvgIpc) is 1.90. The maximum Gasteiger partial charge on any atom is 0.0346 e. The highest BCUT2D eigenvalue weighted by Gasteiger charge is 2.26. The number of nitrogens with zero attached hydrogens (tertiary/aromatic N) is 2.